The Balaban J connectivity index is 2.46. The molecule has 0 spiro atoms. The largest absolute Gasteiger partial charge is 0.465 e. The monoisotopic (exact) mass is 255 g/mol. The van der Waals surface area contributed by atoms with Gasteiger partial charge in [-0.2, -0.15) is 0 Å². The Morgan fingerprint density at radius 2 is 2.24 bits per heavy atom. The number of rotatable bonds is 6. The van der Waals surface area contributed by atoms with Gasteiger partial charge in [0.25, 0.3) is 0 Å². The summed E-state index contributed by atoms with van der Waals surface area (Å²) in [6, 6.07) is 2.13. The molecule has 0 aliphatic heterocycles. The molecule has 17 heavy (non-hydrogen) atoms. The average molecular weight is 255 g/mol. The predicted molar refractivity (Wildman–Crippen MR) is 71.6 cm³/mol. The number of ether oxygens (including phenoxy) is 1. The van der Waals surface area contributed by atoms with E-state index in [1.54, 1.807) is 11.3 Å². The highest BCUT2D eigenvalue weighted by molar-refractivity contribution is 7.10. The van der Waals surface area contributed by atoms with Crippen molar-refractivity contribution in [2.75, 3.05) is 19.7 Å². The van der Waals surface area contributed by atoms with Crippen LogP contribution in [-0.2, 0) is 14.9 Å². The summed E-state index contributed by atoms with van der Waals surface area (Å²) in [5.41, 5.74) is 1.36. The molecule has 0 amide bonds. The van der Waals surface area contributed by atoms with Crippen LogP contribution in [0.4, 0.5) is 0 Å². The Morgan fingerprint density at radius 3 is 2.76 bits per heavy atom. The third kappa shape index (κ3) is 4.13. The van der Waals surface area contributed by atoms with Crippen molar-refractivity contribution in [1.82, 2.24) is 5.32 Å². The molecule has 0 bridgehead atoms. The Hall–Kier alpha value is -0.870. The van der Waals surface area contributed by atoms with Crippen molar-refractivity contribution in [2.45, 2.75) is 33.1 Å². The second-order valence-corrected chi connectivity index (χ2v) is 5.64. The standard InChI is InChI=1S/C13H21NO2S/c1-5-16-11(15)8-14-9-13(3,4)12-10(2)6-7-17-12/h6-7,14H,5,8-9H2,1-4H3. The lowest BCUT2D eigenvalue weighted by Crippen LogP contribution is -2.36. The van der Waals surface area contributed by atoms with Gasteiger partial charge in [-0.25, -0.2) is 0 Å². The van der Waals surface area contributed by atoms with Crippen LogP contribution in [0.5, 0.6) is 0 Å². The van der Waals surface area contributed by atoms with Gasteiger partial charge < -0.3 is 10.1 Å². The maximum atomic E-state index is 11.2. The van der Waals surface area contributed by atoms with E-state index in [-0.39, 0.29) is 17.9 Å². The fourth-order valence-corrected chi connectivity index (χ4v) is 2.89. The zero-order chi connectivity index (χ0) is 12.9. The van der Waals surface area contributed by atoms with E-state index < -0.39 is 0 Å². The number of esters is 1. The number of carbonyl (C=O) groups excluding carboxylic acids is 1. The van der Waals surface area contributed by atoms with Crippen molar-refractivity contribution in [3.05, 3.63) is 21.9 Å². The molecule has 0 aliphatic carbocycles. The molecule has 96 valence electrons. The van der Waals surface area contributed by atoms with Gasteiger partial charge in [0.05, 0.1) is 13.2 Å². The van der Waals surface area contributed by atoms with Crippen molar-refractivity contribution in [3.63, 3.8) is 0 Å². The summed E-state index contributed by atoms with van der Waals surface area (Å²) in [6.07, 6.45) is 0. The van der Waals surface area contributed by atoms with Crippen molar-refractivity contribution in [1.29, 1.82) is 0 Å². The molecule has 1 N–H and O–H groups in total. The normalized spacial score (nSPS) is 11.5. The summed E-state index contributed by atoms with van der Waals surface area (Å²) >= 11 is 1.77. The van der Waals surface area contributed by atoms with Gasteiger partial charge >= 0.3 is 5.97 Å². The summed E-state index contributed by atoms with van der Waals surface area (Å²) in [5, 5.41) is 5.27. The van der Waals surface area contributed by atoms with Gasteiger partial charge in [-0.15, -0.1) is 11.3 Å². The molecule has 1 aromatic rings. The molecule has 3 nitrogen and oxygen atoms in total. The minimum absolute atomic E-state index is 0.0464. The Bertz CT molecular complexity index is 371. The third-order valence-electron chi connectivity index (χ3n) is 2.62. The third-order valence-corrected chi connectivity index (χ3v) is 4.00. The van der Waals surface area contributed by atoms with E-state index >= 15 is 0 Å². The first-order chi connectivity index (χ1) is 7.97. The van der Waals surface area contributed by atoms with Crippen LogP contribution < -0.4 is 5.32 Å². The number of hydrogen-bond acceptors (Lipinski definition) is 4. The van der Waals surface area contributed by atoms with Crippen molar-refractivity contribution < 1.29 is 9.53 Å². The number of nitrogens with one attached hydrogen (secondary N) is 1. The van der Waals surface area contributed by atoms with Gasteiger partial charge in [-0.3, -0.25) is 4.79 Å². The topological polar surface area (TPSA) is 38.3 Å². The highest BCUT2D eigenvalue weighted by Gasteiger charge is 2.23. The number of carbonyl (C=O) groups is 1. The van der Waals surface area contributed by atoms with E-state index in [0.717, 1.165) is 6.54 Å². The van der Waals surface area contributed by atoms with Crippen LogP contribution >= 0.6 is 11.3 Å². The minimum Gasteiger partial charge on any atom is -0.465 e. The quantitative estimate of drug-likeness (QED) is 0.794. The molecule has 4 heteroatoms. The zero-order valence-electron chi connectivity index (χ0n) is 11.0. The van der Waals surface area contributed by atoms with E-state index in [9.17, 15) is 4.79 Å². The lowest BCUT2D eigenvalue weighted by atomic mass is 9.89. The fraction of sp³-hybridized carbons (Fsp3) is 0.615. The zero-order valence-corrected chi connectivity index (χ0v) is 11.8. The number of hydrogen-bond donors (Lipinski definition) is 1. The fourth-order valence-electron chi connectivity index (χ4n) is 1.84. The van der Waals surface area contributed by atoms with Gasteiger partial charge in [0, 0.05) is 16.8 Å². The molecule has 0 aliphatic rings. The average Bonchev–Trinajstić information content (AvgIpc) is 2.65. The SMILES string of the molecule is CCOC(=O)CNCC(C)(C)c1sccc1C. The molecule has 0 radical (unpaired) electrons. The van der Waals surface area contributed by atoms with E-state index in [4.69, 9.17) is 4.74 Å². The Labute approximate surface area is 107 Å². The van der Waals surface area contributed by atoms with E-state index in [1.165, 1.54) is 10.4 Å². The number of thiophene rings is 1. The van der Waals surface area contributed by atoms with E-state index in [2.05, 4.69) is 37.5 Å². The molecule has 0 saturated carbocycles. The van der Waals surface area contributed by atoms with Gasteiger partial charge in [0.2, 0.25) is 0 Å². The molecule has 0 atom stereocenters. The molecule has 1 heterocycles. The summed E-state index contributed by atoms with van der Waals surface area (Å²) in [4.78, 5) is 12.6. The Morgan fingerprint density at radius 1 is 1.53 bits per heavy atom. The first-order valence-corrected chi connectivity index (χ1v) is 6.76. The molecule has 0 saturated heterocycles. The Kier molecular flexibility index (Phi) is 5.15. The summed E-state index contributed by atoms with van der Waals surface area (Å²) in [6.45, 7) is 9.80. The first kappa shape index (κ1) is 14.2. The number of aryl methyl sites for hydroxylation is 1. The lowest BCUT2D eigenvalue weighted by molar-refractivity contribution is -0.142. The summed E-state index contributed by atoms with van der Waals surface area (Å²) in [7, 11) is 0. The van der Waals surface area contributed by atoms with Gasteiger partial charge in [0.15, 0.2) is 0 Å². The van der Waals surface area contributed by atoms with E-state index in [1.807, 2.05) is 6.92 Å². The van der Waals surface area contributed by atoms with Gasteiger partial charge in [-0.05, 0) is 30.9 Å². The van der Waals surface area contributed by atoms with Crippen molar-refractivity contribution in [2.24, 2.45) is 0 Å². The van der Waals surface area contributed by atoms with Crippen molar-refractivity contribution in [3.8, 4) is 0 Å². The minimum atomic E-state index is -0.189. The molecular weight excluding hydrogens is 234 g/mol. The van der Waals surface area contributed by atoms with E-state index in [0.29, 0.717) is 6.61 Å². The van der Waals surface area contributed by atoms with Crippen LogP contribution in [0.25, 0.3) is 0 Å². The summed E-state index contributed by atoms with van der Waals surface area (Å²) in [5.74, 6) is -0.189. The molecule has 0 fully saturated rings. The highest BCUT2D eigenvalue weighted by Crippen LogP contribution is 2.30. The van der Waals surface area contributed by atoms with Crippen LogP contribution in [0.1, 0.15) is 31.2 Å². The smallest absolute Gasteiger partial charge is 0.319 e. The predicted octanol–water partition coefficient (Wildman–Crippen LogP) is 2.49. The van der Waals surface area contributed by atoms with Crippen LogP contribution in [0, 0.1) is 6.92 Å². The van der Waals surface area contributed by atoms with Gasteiger partial charge in [0.1, 0.15) is 0 Å². The second-order valence-electron chi connectivity index (χ2n) is 4.73. The van der Waals surface area contributed by atoms with Crippen molar-refractivity contribution >= 4 is 17.3 Å². The second kappa shape index (κ2) is 6.17. The highest BCUT2D eigenvalue weighted by atomic mass is 32.1. The van der Waals surface area contributed by atoms with Gasteiger partial charge in [-0.1, -0.05) is 13.8 Å². The van der Waals surface area contributed by atoms with Crippen LogP contribution in [-0.4, -0.2) is 25.7 Å². The molecular formula is C13H21NO2S. The molecule has 0 aromatic carbocycles. The molecule has 1 rings (SSSR count). The molecule has 0 unspecified atom stereocenters. The maximum absolute atomic E-state index is 11.2. The summed E-state index contributed by atoms with van der Waals surface area (Å²) < 4.78 is 4.87. The van der Waals surface area contributed by atoms with Crippen LogP contribution in [0.3, 0.4) is 0 Å². The lowest BCUT2D eigenvalue weighted by Gasteiger charge is -2.24. The maximum Gasteiger partial charge on any atom is 0.319 e. The molecule has 1 aromatic heterocycles. The van der Waals surface area contributed by atoms with Crippen LogP contribution in [0.2, 0.25) is 0 Å². The first-order valence-electron chi connectivity index (χ1n) is 5.88. The van der Waals surface area contributed by atoms with Crippen LogP contribution in [0.15, 0.2) is 11.4 Å².